The molecule has 3 aromatic carbocycles. The van der Waals surface area contributed by atoms with Crippen LogP contribution in [0.5, 0.6) is 5.75 Å². The lowest BCUT2D eigenvalue weighted by Crippen LogP contribution is -2.30. The maximum atomic E-state index is 12.4. The van der Waals surface area contributed by atoms with Crippen LogP contribution in [0.1, 0.15) is 107 Å². The van der Waals surface area contributed by atoms with Crippen LogP contribution in [0.3, 0.4) is 0 Å². The molecule has 7 heteroatoms. The van der Waals surface area contributed by atoms with Crippen molar-refractivity contribution in [2.75, 3.05) is 7.11 Å². The fourth-order valence-electron chi connectivity index (χ4n) is 5.11. The fourth-order valence-corrected chi connectivity index (χ4v) is 5.11. The van der Waals surface area contributed by atoms with Crippen molar-refractivity contribution < 1.29 is 33.4 Å². The van der Waals surface area contributed by atoms with Gasteiger partial charge in [0, 0.05) is 11.1 Å². The first-order valence-corrected chi connectivity index (χ1v) is 17.1. The predicted octanol–water partition coefficient (Wildman–Crippen LogP) is 10.2. The Morgan fingerprint density at radius 3 is 1.94 bits per heavy atom. The van der Waals surface area contributed by atoms with Crippen LogP contribution in [0.4, 0.5) is 0 Å². The van der Waals surface area contributed by atoms with Gasteiger partial charge in [-0.05, 0) is 120 Å². The predicted molar refractivity (Wildman–Crippen MR) is 202 cm³/mol. The summed E-state index contributed by atoms with van der Waals surface area (Å²) in [6, 6.07) is 20.0. The van der Waals surface area contributed by atoms with Crippen molar-refractivity contribution in [3.8, 4) is 5.75 Å². The zero-order valence-corrected chi connectivity index (χ0v) is 30.9. The molecule has 0 amide bonds. The third-order valence-electron chi connectivity index (χ3n) is 8.30. The fraction of sp³-hybridized carbons (Fsp3) is 0.395. The van der Waals surface area contributed by atoms with Crippen molar-refractivity contribution >= 4 is 34.3 Å². The molecule has 0 radical (unpaired) electrons. The summed E-state index contributed by atoms with van der Waals surface area (Å²) in [5, 5.41) is 2.04. The third-order valence-corrected chi connectivity index (χ3v) is 8.30. The van der Waals surface area contributed by atoms with Gasteiger partial charge in [-0.1, -0.05) is 67.6 Å². The normalized spacial score (nSPS) is 12.6. The van der Waals surface area contributed by atoms with E-state index in [-0.39, 0.29) is 24.4 Å². The molecule has 3 rings (SSSR count). The maximum Gasteiger partial charge on any atom is 0.314 e. The van der Waals surface area contributed by atoms with E-state index in [1.54, 1.807) is 43.5 Å². The summed E-state index contributed by atoms with van der Waals surface area (Å²) in [6.45, 7) is 19.3. The highest BCUT2D eigenvalue weighted by atomic mass is 16.6. The Morgan fingerprint density at radius 2 is 1.36 bits per heavy atom. The summed E-state index contributed by atoms with van der Waals surface area (Å²) in [4.78, 5) is 48.9. The summed E-state index contributed by atoms with van der Waals surface area (Å²) in [7, 11) is 1.56. The van der Waals surface area contributed by atoms with E-state index in [1.165, 1.54) is 5.57 Å². The summed E-state index contributed by atoms with van der Waals surface area (Å²) < 4.78 is 16.1. The number of rotatable bonds is 18. The van der Waals surface area contributed by atoms with Gasteiger partial charge in [0.1, 0.15) is 29.8 Å². The molecular weight excluding hydrogens is 628 g/mol. The van der Waals surface area contributed by atoms with Crippen molar-refractivity contribution in [2.45, 2.75) is 97.7 Å². The zero-order valence-electron chi connectivity index (χ0n) is 30.9. The van der Waals surface area contributed by atoms with Crippen LogP contribution in [0.15, 0.2) is 104 Å². The number of carbonyl (C=O) groups is 4. The lowest BCUT2D eigenvalue weighted by molar-refractivity contribution is -0.156. The molecule has 0 aliphatic rings. The number of Topliss-reactive ketones (excluding diaryl/α,β-unsaturated/α-hetero) is 2. The largest absolute Gasteiger partial charge is 0.497 e. The topological polar surface area (TPSA) is 96.0 Å². The summed E-state index contributed by atoms with van der Waals surface area (Å²) in [5.74, 6) is -0.382. The minimum Gasteiger partial charge on any atom is -0.497 e. The summed E-state index contributed by atoms with van der Waals surface area (Å²) in [5.41, 5.74) is 0.871. The molecule has 50 heavy (non-hydrogen) atoms. The molecule has 0 fully saturated rings. The van der Waals surface area contributed by atoms with E-state index in [4.69, 9.17) is 14.2 Å². The van der Waals surface area contributed by atoms with Gasteiger partial charge in [-0.3, -0.25) is 19.2 Å². The van der Waals surface area contributed by atoms with E-state index >= 15 is 0 Å². The number of hydrogen-bond acceptors (Lipinski definition) is 7. The minimum atomic E-state index is -0.771. The standard InChI is InChI=1S/C23H26O3.C20H28O4/c1-5-23(4,14-8-9-17(2)3)26-22(25)16-21(24)20-13-12-18-10-6-7-11-19(18)15-20;1-6-15(2)8-7-13-20(3,4)24-19(22)14-18(21)16-9-11-17(23-5)12-10-16/h5-7,9-13,15H,1,8,14,16H2,2-4H3;6,9-12,15H,1,7-8,13-14H2,2-5H3. The highest BCUT2D eigenvalue weighted by Gasteiger charge is 2.26. The van der Waals surface area contributed by atoms with Gasteiger partial charge >= 0.3 is 11.9 Å². The molecule has 0 spiro atoms. The van der Waals surface area contributed by atoms with Crippen molar-refractivity contribution in [3.05, 3.63) is 115 Å². The molecule has 2 unspecified atom stereocenters. The van der Waals surface area contributed by atoms with Gasteiger partial charge in [0.15, 0.2) is 11.6 Å². The second kappa shape index (κ2) is 20.0. The smallest absolute Gasteiger partial charge is 0.314 e. The van der Waals surface area contributed by atoms with Crippen molar-refractivity contribution in [1.29, 1.82) is 0 Å². The number of fused-ring (bicyclic) bond motifs is 1. The number of ketones is 2. The SMILES string of the molecule is C=CC(C)(CCC=C(C)C)OC(=O)CC(=O)c1ccc2ccccc2c1.C=CC(C)CCCC(C)(C)OC(=O)CC(=O)c1ccc(OC)cc1. The van der Waals surface area contributed by atoms with Crippen LogP contribution in [0, 0.1) is 5.92 Å². The van der Waals surface area contributed by atoms with Crippen molar-refractivity contribution in [2.24, 2.45) is 5.92 Å². The summed E-state index contributed by atoms with van der Waals surface area (Å²) >= 11 is 0. The number of carbonyl (C=O) groups excluding carboxylic acids is 4. The van der Waals surface area contributed by atoms with Gasteiger partial charge in [0.05, 0.1) is 7.11 Å². The summed E-state index contributed by atoms with van der Waals surface area (Å²) in [6.07, 6.45) is 9.26. The van der Waals surface area contributed by atoms with E-state index in [9.17, 15) is 19.2 Å². The first kappa shape index (κ1) is 41.4. The quantitative estimate of drug-likeness (QED) is 0.0570. The Balaban J connectivity index is 0.000000348. The van der Waals surface area contributed by atoms with Crippen LogP contribution >= 0.6 is 0 Å². The molecule has 3 aromatic rings. The highest BCUT2D eigenvalue weighted by molar-refractivity contribution is 6.08. The van der Waals surface area contributed by atoms with Crippen LogP contribution in [0.2, 0.25) is 0 Å². The Bertz CT molecular complexity index is 1640. The van der Waals surface area contributed by atoms with Crippen LogP contribution in [-0.2, 0) is 19.1 Å². The number of methoxy groups -OCH3 is 1. The lowest BCUT2D eigenvalue weighted by Gasteiger charge is -2.25. The molecule has 0 aliphatic carbocycles. The van der Waals surface area contributed by atoms with E-state index in [0.717, 1.165) is 36.5 Å². The Labute approximate surface area is 298 Å². The Hall–Kier alpha value is -4.78. The number of ether oxygens (including phenoxy) is 3. The molecule has 0 heterocycles. The Kier molecular flexibility index (Phi) is 16.6. The van der Waals surface area contributed by atoms with E-state index < -0.39 is 23.1 Å². The molecule has 268 valence electrons. The van der Waals surface area contributed by atoms with Gasteiger partial charge in [-0.25, -0.2) is 0 Å². The average molecular weight is 683 g/mol. The molecule has 0 N–H and O–H groups in total. The van der Waals surface area contributed by atoms with Crippen molar-refractivity contribution in [3.63, 3.8) is 0 Å². The molecule has 7 nitrogen and oxygen atoms in total. The molecule has 0 saturated carbocycles. The van der Waals surface area contributed by atoms with Crippen LogP contribution < -0.4 is 4.74 Å². The first-order chi connectivity index (χ1) is 23.6. The van der Waals surface area contributed by atoms with Gasteiger partial charge in [-0.15, -0.1) is 6.58 Å². The number of benzene rings is 3. The van der Waals surface area contributed by atoms with Gasteiger partial charge < -0.3 is 14.2 Å². The molecular formula is C43H54O7. The maximum absolute atomic E-state index is 12.4. The molecule has 0 bridgehead atoms. The second-order valence-corrected chi connectivity index (χ2v) is 13.6. The van der Waals surface area contributed by atoms with Gasteiger partial charge in [-0.2, -0.15) is 0 Å². The van der Waals surface area contributed by atoms with Gasteiger partial charge in [0.2, 0.25) is 0 Å². The van der Waals surface area contributed by atoms with E-state index in [2.05, 4.69) is 26.2 Å². The van der Waals surface area contributed by atoms with Crippen molar-refractivity contribution in [1.82, 2.24) is 0 Å². The lowest BCUT2D eigenvalue weighted by atomic mass is 9.96. The van der Waals surface area contributed by atoms with Gasteiger partial charge in [0.25, 0.3) is 0 Å². The average Bonchev–Trinajstić information content (AvgIpc) is 3.07. The highest BCUT2D eigenvalue weighted by Crippen LogP contribution is 2.23. The minimum absolute atomic E-state index is 0.239. The van der Waals surface area contributed by atoms with E-state index in [1.807, 2.05) is 77.1 Å². The third kappa shape index (κ3) is 14.8. The monoisotopic (exact) mass is 682 g/mol. The second-order valence-electron chi connectivity index (χ2n) is 13.6. The zero-order chi connectivity index (χ0) is 37.3. The molecule has 0 saturated heterocycles. The van der Waals surface area contributed by atoms with Crippen LogP contribution in [-0.4, -0.2) is 41.8 Å². The van der Waals surface area contributed by atoms with E-state index in [0.29, 0.717) is 29.2 Å². The molecule has 0 aromatic heterocycles. The van der Waals surface area contributed by atoms with Crippen LogP contribution in [0.25, 0.3) is 10.8 Å². The molecule has 0 aliphatic heterocycles. The molecule has 2 atom stereocenters. The Morgan fingerprint density at radius 1 is 0.780 bits per heavy atom. The number of hydrogen-bond donors (Lipinski definition) is 0. The first-order valence-electron chi connectivity index (χ1n) is 17.1. The number of esters is 2. The number of allylic oxidation sites excluding steroid dienone is 3.